The van der Waals surface area contributed by atoms with Crippen LogP contribution in [0.4, 0.5) is 0 Å². The van der Waals surface area contributed by atoms with Gasteiger partial charge in [-0.05, 0) is 85.6 Å². The van der Waals surface area contributed by atoms with E-state index in [9.17, 15) is 0 Å². The summed E-state index contributed by atoms with van der Waals surface area (Å²) in [5.74, 6) is 1.37. The van der Waals surface area contributed by atoms with Crippen LogP contribution in [-0.4, -0.2) is 11.7 Å². The Kier molecular flexibility index (Phi) is 7.74. The average molecular weight is 695 g/mol. The molecule has 0 radical (unpaired) electrons. The lowest BCUT2D eigenvalue weighted by Gasteiger charge is -2.33. The Bertz CT molecular complexity index is 2850. The van der Waals surface area contributed by atoms with Crippen molar-refractivity contribution in [3.63, 3.8) is 0 Å². The second-order valence-corrected chi connectivity index (χ2v) is 14.5. The number of thiophene rings is 1. The van der Waals surface area contributed by atoms with Gasteiger partial charge in [-0.1, -0.05) is 164 Å². The van der Waals surface area contributed by atoms with Gasteiger partial charge in [-0.2, -0.15) is 0 Å². The molecule has 1 unspecified atom stereocenters. The molecule has 0 N–H and O–H groups in total. The van der Waals surface area contributed by atoms with E-state index in [1.54, 1.807) is 0 Å². The summed E-state index contributed by atoms with van der Waals surface area (Å²) in [6.07, 6.45) is -0.448. The van der Waals surface area contributed by atoms with E-state index in [-0.39, 0.29) is 0 Å². The third kappa shape index (κ3) is 5.89. The lowest BCUT2D eigenvalue weighted by atomic mass is 9.98. The molecule has 250 valence electrons. The number of amidine groups is 2. The molecule has 0 saturated carbocycles. The highest BCUT2D eigenvalue weighted by Gasteiger charge is 2.18. The molecule has 1 aliphatic heterocycles. The highest BCUT2D eigenvalue weighted by Crippen LogP contribution is 2.41. The maximum Gasteiger partial charge on any atom is 0.0822 e. The number of rotatable bonds is 6. The van der Waals surface area contributed by atoms with E-state index in [4.69, 9.17) is 15.3 Å². The molecule has 53 heavy (non-hydrogen) atoms. The van der Waals surface area contributed by atoms with Crippen molar-refractivity contribution in [1.82, 2.24) is 0 Å². The van der Waals surface area contributed by atoms with E-state index in [0.717, 1.165) is 33.4 Å². The largest absolute Gasteiger partial charge is 0.438 e. The predicted octanol–water partition coefficient (Wildman–Crippen LogP) is 13.5. The van der Waals surface area contributed by atoms with Crippen molar-refractivity contribution >= 4 is 54.0 Å². The molecule has 2 heterocycles. The van der Waals surface area contributed by atoms with Gasteiger partial charge >= 0.3 is 0 Å². The van der Waals surface area contributed by atoms with Crippen molar-refractivity contribution in [2.75, 3.05) is 0 Å². The Balaban J connectivity index is 1.12. The minimum Gasteiger partial charge on any atom is -0.438 e. The molecule has 1 aromatic heterocycles. The fourth-order valence-electron chi connectivity index (χ4n) is 7.34. The summed E-state index contributed by atoms with van der Waals surface area (Å²) in [6, 6.07) is 66.7. The lowest BCUT2D eigenvalue weighted by molar-refractivity contribution is 0.878. The summed E-state index contributed by atoms with van der Waals surface area (Å²) in [5.41, 5.74) is 10.0. The highest BCUT2D eigenvalue weighted by molar-refractivity contribution is 7.25. The van der Waals surface area contributed by atoms with Crippen molar-refractivity contribution in [2.45, 2.75) is 6.17 Å². The van der Waals surface area contributed by atoms with Crippen molar-refractivity contribution in [2.24, 2.45) is 9.98 Å². The number of nitrogens with zero attached hydrogens (tertiary/aromatic N) is 3. The predicted molar refractivity (Wildman–Crippen MR) is 225 cm³/mol. The van der Waals surface area contributed by atoms with E-state index in [2.05, 4.69) is 176 Å². The maximum atomic E-state index is 5.30. The summed E-state index contributed by atoms with van der Waals surface area (Å²) in [7, 11) is 0. The smallest absolute Gasteiger partial charge is 0.0822 e. The summed E-state index contributed by atoms with van der Waals surface area (Å²) in [5, 5.41) is 10.1. The van der Waals surface area contributed by atoms with Crippen LogP contribution in [0.2, 0.25) is 0 Å². The molecular formula is C49H32N3S-. The van der Waals surface area contributed by atoms with Gasteiger partial charge < -0.3 is 10.3 Å². The molecule has 0 bridgehead atoms. The van der Waals surface area contributed by atoms with Crippen molar-refractivity contribution in [3.8, 4) is 33.4 Å². The van der Waals surface area contributed by atoms with Crippen LogP contribution in [0.15, 0.2) is 198 Å². The van der Waals surface area contributed by atoms with Gasteiger partial charge in [-0.25, -0.2) is 0 Å². The van der Waals surface area contributed by atoms with Gasteiger partial charge in [0.1, 0.15) is 0 Å². The number of benzene rings is 8. The van der Waals surface area contributed by atoms with Crippen LogP contribution in [0.5, 0.6) is 0 Å². The fraction of sp³-hybridized carbons (Fsp3) is 0.0204. The van der Waals surface area contributed by atoms with Crippen LogP contribution in [-0.2, 0) is 0 Å². The first-order valence-corrected chi connectivity index (χ1v) is 18.7. The van der Waals surface area contributed by atoms with Crippen LogP contribution in [0, 0.1) is 0 Å². The van der Waals surface area contributed by atoms with Crippen molar-refractivity contribution in [3.05, 3.63) is 210 Å². The van der Waals surface area contributed by atoms with Gasteiger partial charge in [-0.3, -0.25) is 4.99 Å². The molecule has 8 aromatic carbocycles. The monoisotopic (exact) mass is 694 g/mol. The van der Waals surface area contributed by atoms with Crippen LogP contribution in [0.3, 0.4) is 0 Å². The number of hydrogen-bond acceptors (Lipinski definition) is 3. The molecule has 0 fully saturated rings. The Labute approximate surface area is 312 Å². The first-order valence-electron chi connectivity index (χ1n) is 17.9. The molecule has 3 nitrogen and oxygen atoms in total. The summed E-state index contributed by atoms with van der Waals surface area (Å²) >= 11 is 1.81. The Morgan fingerprint density at radius 1 is 0.434 bits per heavy atom. The lowest BCUT2D eigenvalue weighted by Crippen LogP contribution is -2.16. The molecule has 4 heteroatoms. The van der Waals surface area contributed by atoms with Crippen LogP contribution >= 0.6 is 11.3 Å². The van der Waals surface area contributed by atoms with Gasteiger partial charge in [0, 0.05) is 25.7 Å². The number of fused-ring (bicyclic) bond motifs is 4. The molecule has 10 rings (SSSR count). The van der Waals surface area contributed by atoms with E-state index in [1.165, 1.54) is 47.6 Å². The summed E-state index contributed by atoms with van der Waals surface area (Å²) < 4.78 is 2.45. The van der Waals surface area contributed by atoms with E-state index >= 15 is 0 Å². The SMILES string of the molecule is c1ccc(-c2ccc(C3N=C(c4cccc5sc6ccc(-c7ccc8ccccc8c7)cc6c45)N=C(c4cccc(-c5ccccc5)c4)[N-]3)cc2)cc1. The third-order valence-electron chi connectivity index (χ3n) is 10.1. The quantitative estimate of drug-likeness (QED) is 0.166. The van der Waals surface area contributed by atoms with Gasteiger partial charge in [-0.15, -0.1) is 11.3 Å². The Hall–Kier alpha value is -6.62. The molecule has 9 aromatic rings. The number of aliphatic imine (C=N–C) groups is 2. The Morgan fingerprint density at radius 3 is 1.85 bits per heavy atom. The first kappa shape index (κ1) is 31.1. The topological polar surface area (TPSA) is 38.8 Å². The standard InChI is InChI=1S/C49H32N3S/c1-3-11-32(12-4-1)35-21-24-36(25-22-35)47-50-48(41-18-9-17-38(30-41)33-13-5-2-6-14-33)52-49(51-47)42-19-10-20-45-46(42)43-31-40(27-28-44(43)53-45)39-26-23-34-15-7-8-16-37(34)29-39/h1-31,47H/q-1. The second kappa shape index (κ2) is 13.2. The maximum absolute atomic E-state index is 5.30. The zero-order valence-corrected chi connectivity index (χ0v) is 29.5. The van der Waals surface area contributed by atoms with E-state index < -0.39 is 6.17 Å². The molecule has 0 spiro atoms. The van der Waals surface area contributed by atoms with Crippen molar-refractivity contribution < 1.29 is 0 Å². The summed E-state index contributed by atoms with van der Waals surface area (Å²) in [6.45, 7) is 0. The minimum absolute atomic E-state index is 0.448. The highest BCUT2D eigenvalue weighted by atomic mass is 32.1. The summed E-state index contributed by atoms with van der Waals surface area (Å²) in [4.78, 5) is 10.6. The zero-order chi connectivity index (χ0) is 35.1. The zero-order valence-electron chi connectivity index (χ0n) is 28.7. The molecule has 0 saturated heterocycles. The van der Waals surface area contributed by atoms with E-state index in [1.807, 2.05) is 23.5 Å². The normalized spacial score (nSPS) is 14.2. The van der Waals surface area contributed by atoms with E-state index in [0.29, 0.717) is 11.7 Å². The van der Waals surface area contributed by atoms with Gasteiger partial charge in [0.05, 0.1) is 12.0 Å². The fourth-order valence-corrected chi connectivity index (χ4v) is 8.46. The van der Waals surface area contributed by atoms with Crippen LogP contribution < -0.4 is 0 Å². The van der Waals surface area contributed by atoms with Gasteiger partial charge in [0.25, 0.3) is 0 Å². The van der Waals surface area contributed by atoms with Crippen LogP contribution in [0.25, 0.3) is 69.6 Å². The molecule has 0 amide bonds. The first-order chi connectivity index (χ1) is 26.2. The number of hydrogen-bond donors (Lipinski definition) is 0. The van der Waals surface area contributed by atoms with Gasteiger partial charge in [0.15, 0.2) is 0 Å². The van der Waals surface area contributed by atoms with Crippen molar-refractivity contribution in [1.29, 1.82) is 0 Å². The third-order valence-corrected chi connectivity index (χ3v) is 11.2. The Morgan fingerprint density at radius 2 is 1.04 bits per heavy atom. The molecule has 0 aliphatic carbocycles. The van der Waals surface area contributed by atoms with Crippen LogP contribution in [0.1, 0.15) is 22.9 Å². The second-order valence-electron chi connectivity index (χ2n) is 13.4. The molecule has 1 atom stereocenters. The average Bonchev–Trinajstić information content (AvgIpc) is 3.62. The molecule has 1 aliphatic rings. The van der Waals surface area contributed by atoms with Gasteiger partial charge in [0.2, 0.25) is 0 Å². The minimum atomic E-state index is -0.448. The molecular weight excluding hydrogens is 663 g/mol.